The lowest BCUT2D eigenvalue weighted by atomic mass is 10.1. The van der Waals surface area contributed by atoms with Gasteiger partial charge in [0.25, 0.3) is 5.91 Å². The first-order valence-corrected chi connectivity index (χ1v) is 8.67. The molecule has 146 valence electrons. The number of nitrogens with one attached hydrogen (secondary N) is 2. The van der Waals surface area contributed by atoms with Gasteiger partial charge in [-0.25, -0.2) is 14.8 Å². The fraction of sp³-hybridized carbons (Fsp3) is 0.0952. The van der Waals surface area contributed by atoms with Crippen LogP contribution in [0.15, 0.2) is 60.8 Å². The van der Waals surface area contributed by atoms with E-state index in [-0.39, 0.29) is 17.4 Å². The molecule has 0 saturated heterocycles. The Morgan fingerprint density at radius 1 is 0.931 bits per heavy atom. The molecule has 3 aromatic rings. The highest BCUT2D eigenvalue weighted by molar-refractivity contribution is 6.03. The fourth-order valence-corrected chi connectivity index (χ4v) is 2.49. The Balaban J connectivity index is 1.71. The van der Waals surface area contributed by atoms with Crippen molar-refractivity contribution in [3.8, 4) is 0 Å². The molecular weight excluding hydrogens is 372 g/mol. The highest BCUT2D eigenvalue weighted by atomic mass is 16.5. The van der Waals surface area contributed by atoms with Gasteiger partial charge in [0.2, 0.25) is 5.95 Å². The van der Waals surface area contributed by atoms with E-state index in [1.807, 2.05) is 0 Å². The molecule has 29 heavy (non-hydrogen) atoms. The Morgan fingerprint density at radius 3 is 2.38 bits per heavy atom. The minimum atomic E-state index is -0.455. The SMILES string of the molecule is COC(=O)c1ccc(NC(=O)c2ccnc(Nc3cccc(C(C)=O)c3)n2)cc1. The van der Waals surface area contributed by atoms with Crippen molar-refractivity contribution in [3.63, 3.8) is 0 Å². The van der Waals surface area contributed by atoms with E-state index in [1.54, 1.807) is 48.5 Å². The second-order valence-electron chi connectivity index (χ2n) is 6.05. The Kier molecular flexibility index (Phi) is 5.94. The average molecular weight is 390 g/mol. The van der Waals surface area contributed by atoms with E-state index in [9.17, 15) is 14.4 Å². The van der Waals surface area contributed by atoms with Gasteiger partial charge in [-0.1, -0.05) is 12.1 Å². The molecule has 2 N–H and O–H groups in total. The molecule has 0 unspecified atom stereocenters. The number of anilines is 3. The van der Waals surface area contributed by atoms with Gasteiger partial charge in [-0.05, 0) is 49.4 Å². The third-order valence-corrected chi connectivity index (χ3v) is 3.98. The van der Waals surface area contributed by atoms with Crippen molar-refractivity contribution in [2.45, 2.75) is 6.92 Å². The molecule has 8 nitrogen and oxygen atoms in total. The molecule has 0 spiro atoms. The van der Waals surface area contributed by atoms with E-state index in [1.165, 1.54) is 26.3 Å². The summed E-state index contributed by atoms with van der Waals surface area (Å²) in [6.45, 7) is 1.48. The first-order valence-electron chi connectivity index (χ1n) is 8.67. The summed E-state index contributed by atoms with van der Waals surface area (Å²) in [6, 6.07) is 14.7. The van der Waals surface area contributed by atoms with Crippen LogP contribution in [0.25, 0.3) is 0 Å². The van der Waals surface area contributed by atoms with Crippen molar-refractivity contribution >= 4 is 35.0 Å². The summed E-state index contributed by atoms with van der Waals surface area (Å²) in [4.78, 5) is 43.7. The topological polar surface area (TPSA) is 110 Å². The fourth-order valence-electron chi connectivity index (χ4n) is 2.49. The van der Waals surface area contributed by atoms with Crippen LogP contribution >= 0.6 is 0 Å². The number of methoxy groups -OCH3 is 1. The molecule has 3 rings (SSSR count). The molecule has 0 aliphatic heterocycles. The van der Waals surface area contributed by atoms with E-state index < -0.39 is 11.9 Å². The zero-order valence-corrected chi connectivity index (χ0v) is 15.8. The minimum absolute atomic E-state index is 0.0547. The number of amides is 1. The summed E-state index contributed by atoms with van der Waals surface area (Å²) in [6.07, 6.45) is 1.46. The summed E-state index contributed by atoms with van der Waals surface area (Å²) in [5.41, 5.74) is 2.23. The number of carbonyl (C=O) groups is 3. The number of ketones is 1. The normalized spacial score (nSPS) is 10.1. The van der Waals surface area contributed by atoms with Crippen LogP contribution in [0.4, 0.5) is 17.3 Å². The largest absolute Gasteiger partial charge is 0.465 e. The van der Waals surface area contributed by atoms with Gasteiger partial charge in [0.15, 0.2) is 5.78 Å². The Bertz CT molecular complexity index is 1060. The molecule has 0 bridgehead atoms. The number of hydrogen-bond acceptors (Lipinski definition) is 7. The standard InChI is InChI=1S/C21H18N4O4/c1-13(26)15-4-3-5-17(12-15)24-21-22-11-10-18(25-21)19(27)23-16-8-6-14(7-9-16)20(28)29-2/h3-12H,1-2H3,(H,23,27)(H,22,24,25). The van der Waals surface area contributed by atoms with Gasteiger partial charge in [0.1, 0.15) is 5.69 Å². The summed E-state index contributed by atoms with van der Waals surface area (Å²) in [7, 11) is 1.30. The van der Waals surface area contributed by atoms with Crippen LogP contribution in [-0.2, 0) is 4.74 Å². The van der Waals surface area contributed by atoms with Crippen molar-refractivity contribution in [3.05, 3.63) is 77.6 Å². The second-order valence-corrected chi connectivity index (χ2v) is 6.05. The molecule has 0 radical (unpaired) electrons. The monoisotopic (exact) mass is 390 g/mol. The van der Waals surface area contributed by atoms with Gasteiger partial charge in [0, 0.05) is 23.1 Å². The van der Waals surface area contributed by atoms with Crippen molar-refractivity contribution in [1.29, 1.82) is 0 Å². The van der Waals surface area contributed by atoms with Gasteiger partial charge < -0.3 is 15.4 Å². The van der Waals surface area contributed by atoms with Gasteiger partial charge in [-0.15, -0.1) is 0 Å². The Hall–Kier alpha value is -4.07. The summed E-state index contributed by atoms with van der Waals surface area (Å²) in [5, 5.41) is 5.68. The highest BCUT2D eigenvalue weighted by Gasteiger charge is 2.11. The van der Waals surface area contributed by atoms with Crippen LogP contribution in [0.3, 0.4) is 0 Å². The van der Waals surface area contributed by atoms with E-state index in [2.05, 4.69) is 25.3 Å². The maximum absolute atomic E-state index is 12.5. The maximum Gasteiger partial charge on any atom is 0.337 e. The molecule has 0 atom stereocenters. The Morgan fingerprint density at radius 2 is 1.69 bits per heavy atom. The number of benzene rings is 2. The highest BCUT2D eigenvalue weighted by Crippen LogP contribution is 2.16. The molecule has 1 heterocycles. The van der Waals surface area contributed by atoms with Crippen molar-refractivity contribution < 1.29 is 19.1 Å². The smallest absolute Gasteiger partial charge is 0.337 e. The third-order valence-electron chi connectivity index (χ3n) is 3.98. The van der Waals surface area contributed by atoms with Crippen molar-refractivity contribution in [2.75, 3.05) is 17.7 Å². The number of aromatic nitrogens is 2. The van der Waals surface area contributed by atoms with E-state index in [0.717, 1.165) is 0 Å². The number of nitrogens with zero attached hydrogens (tertiary/aromatic N) is 2. The lowest BCUT2D eigenvalue weighted by Crippen LogP contribution is -2.15. The van der Waals surface area contributed by atoms with E-state index >= 15 is 0 Å². The number of carbonyl (C=O) groups excluding carboxylic acids is 3. The average Bonchev–Trinajstić information content (AvgIpc) is 2.74. The molecule has 0 saturated carbocycles. The van der Waals surface area contributed by atoms with Crippen LogP contribution in [0, 0.1) is 0 Å². The third kappa shape index (κ3) is 5.01. The number of Topliss-reactive ketones (excluding diaryl/α,β-unsaturated/α-hetero) is 1. The van der Waals surface area contributed by atoms with Crippen LogP contribution in [0.2, 0.25) is 0 Å². The van der Waals surface area contributed by atoms with Crippen LogP contribution in [-0.4, -0.2) is 34.7 Å². The van der Waals surface area contributed by atoms with Crippen LogP contribution < -0.4 is 10.6 Å². The summed E-state index contributed by atoms with van der Waals surface area (Å²) >= 11 is 0. The Labute approximate surface area is 167 Å². The van der Waals surface area contributed by atoms with Gasteiger partial charge in [-0.2, -0.15) is 0 Å². The number of esters is 1. The molecular formula is C21H18N4O4. The van der Waals surface area contributed by atoms with Gasteiger partial charge in [-0.3, -0.25) is 9.59 Å². The molecule has 0 fully saturated rings. The molecule has 1 amide bonds. The molecule has 0 aliphatic rings. The zero-order chi connectivity index (χ0) is 20.8. The molecule has 2 aromatic carbocycles. The predicted octanol–water partition coefficient (Wildman–Crippen LogP) is 3.46. The number of rotatable bonds is 6. The van der Waals surface area contributed by atoms with Gasteiger partial charge >= 0.3 is 5.97 Å². The number of ether oxygens (including phenoxy) is 1. The van der Waals surface area contributed by atoms with Crippen LogP contribution in [0.5, 0.6) is 0 Å². The summed E-state index contributed by atoms with van der Waals surface area (Å²) in [5.74, 6) is -0.720. The molecule has 8 heteroatoms. The number of hydrogen-bond donors (Lipinski definition) is 2. The lowest BCUT2D eigenvalue weighted by molar-refractivity contribution is 0.0600. The predicted molar refractivity (Wildman–Crippen MR) is 107 cm³/mol. The first-order chi connectivity index (χ1) is 14.0. The van der Waals surface area contributed by atoms with Gasteiger partial charge in [0.05, 0.1) is 12.7 Å². The van der Waals surface area contributed by atoms with Crippen LogP contribution in [0.1, 0.15) is 38.1 Å². The first kappa shape index (κ1) is 19.7. The van der Waals surface area contributed by atoms with Crippen molar-refractivity contribution in [1.82, 2.24) is 9.97 Å². The lowest BCUT2D eigenvalue weighted by Gasteiger charge is -2.08. The summed E-state index contributed by atoms with van der Waals surface area (Å²) < 4.78 is 4.64. The minimum Gasteiger partial charge on any atom is -0.465 e. The maximum atomic E-state index is 12.5. The zero-order valence-electron chi connectivity index (χ0n) is 15.8. The quantitative estimate of drug-likeness (QED) is 0.490. The van der Waals surface area contributed by atoms with Crippen molar-refractivity contribution in [2.24, 2.45) is 0 Å². The second kappa shape index (κ2) is 8.75. The molecule has 1 aromatic heterocycles. The van der Waals surface area contributed by atoms with E-state index in [0.29, 0.717) is 22.5 Å². The van der Waals surface area contributed by atoms with E-state index in [4.69, 9.17) is 0 Å². The molecule has 0 aliphatic carbocycles.